The first-order valence-corrected chi connectivity index (χ1v) is 5.87. The normalized spacial score (nSPS) is 10.3. The van der Waals surface area contributed by atoms with Crippen molar-refractivity contribution < 1.29 is 14.1 Å². The molecule has 2 aromatic rings. The fourth-order valence-corrected chi connectivity index (χ4v) is 1.87. The number of ether oxygens (including phenoxy) is 1. The molecule has 4 nitrogen and oxygen atoms in total. The van der Waals surface area contributed by atoms with Gasteiger partial charge >= 0.3 is 0 Å². The van der Waals surface area contributed by atoms with E-state index in [9.17, 15) is 4.79 Å². The summed E-state index contributed by atoms with van der Waals surface area (Å²) in [6, 6.07) is 7.58. The minimum Gasteiger partial charge on any atom is -0.496 e. The van der Waals surface area contributed by atoms with Gasteiger partial charge in [-0.15, -0.1) is 0 Å². The fraction of sp³-hybridized carbons (Fsp3) is 0.286. The molecule has 0 bridgehead atoms. The van der Waals surface area contributed by atoms with Crippen molar-refractivity contribution in [3.63, 3.8) is 0 Å². The molecule has 0 aliphatic heterocycles. The van der Waals surface area contributed by atoms with E-state index in [1.165, 1.54) is 5.56 Å². The molecule has 1 aromatic heterocycles. The molecule has 0 radical (unpaired) electrons. The molecule has 4 heteroatoms. The average Bonchev–Trinajstić information content (AvgIpc) is 2.87. The number of aldehydes is 1. The quantitative estimate of drug-likeness (QED) is 0.759. The molecular weight excluding hydrogens is 230 g/mol. The van der Waals surface area contributed by atoms with Crippen LogP contribution in [0.2, 0.25) is 0 Å². The van der Waals surface area contributed by atoms with Gasteiger partial charge in [0.1, 0.15) is 11.4 Å². The van der Waals surface area contributed by atoms with Crippen LogP contribution in [0.15, 0.2) is 28.8 Å². The lowest BCUT2D eigenvalue weighted by Crippen LogP contribution is -1.91. The summed E-state index contributed by atoms with van der Waals surface area (Å²) < 4.78 is 10.2. The molecular formula is C14H15NO3. The van der Waals surface area contributed by atoms with Crippen LogP contribution in [-0.4, -0.2) is 18.6 Å². The first kappa shape index (κ1) is 12.4. The van der Waals surface area contributed by atoms with Crippen LogP contribution >= 0.6 is 0 Å². The summed E-state index contributed by atoms with van der Waals surface area (Å²) in [4.78, 5) is 10.6. The minimum atomic E-state index is 0.216. The Bertz CT molecular complexity index is 546. The molecule has 0 atom stereocenters. The van der Waals surface area contributed by atoms with Crippen molar-refractivity contribution in [3.05, 3.63) is 35.6 Å². The maximum atomic E-state index is 10.6. The second-order valence-corrected chi connectivity index (χ2v) is 4.02. The molecule has 1 heterocycles. The maximum absolute atomic E-state index is 10.6. The van der Waals surface area contributed by atoms with E-state index in [1.54, 1.807) is 13.2 Å². The van der Waals surface area contributed by atoms with Gasteiger partial charge in [0.05, 0.1) is 7.11 Å². The van der Waals surface area contributed by atoms with E-state index in [2.05, 4.69) is 12.1 Å². The summed E-state index contributed by atoms with van der Waals surface area (Å²) in [5.74, 6) is 0.938. The number of benzene rings is 1. The van der Waals surface area contributed by atoms with Crippen LogP contribution in [0.5, 0.6) is 5.75 Å². The highest BCUT2D eigenvalue weighted by Crippen LogP contribution is 2.30. The Labute approximate surface area is 106 Å². The van der Waals surface area contributed by atoms with Gasteiger partial charge in [-0.2, -0.15) is 0 Å². The van der Waals surface area contributed by atoms with Crippen LogP contribution in [0.1, 0.15) is 29.5 Å². The van der Waals surface area contributed by atoms with Gasteiger partial charge in [-0.1, -0.05) is 24.6 Å². The number of methoxy groups -OCH3 is 1. The number of hydrogen-bond donors (Lipinski definition) is 0. The summed E-state index contributed by atoms with van der Waals surface area (Å²) in [5, 5.41) is 3.88. The van der Waals surface area contributed by atoms with Crippen LogP contribution < -0.4 is 4.74 Å². The Hall–Kier alpha value is -2.10. The smallest absolute Gasteiger partial charge is 0.199 e. The largest absolute Gasteiger partial charge is 0.496 e. The zero-order valence-electron chi connectivity index (χ0n) is 10.5. The molecule has 18 heavy (non-hydrogen) atoms. The molecule has 94 valence electrons. The number of carbonyl (C=O) groups excluding carboxylic acids is 1. The van der Waals surface area contributed by atoms with Crippen molar-refractivity contribution in [2.24, 2.45) is 0 Å². The molecule has 0 aliphatic carbocycles. The number of carbonyl (C=O) groups is 1. The molecule has 1 aromatic carbocycles. The Morgan fingerprint density at radius 2 is 2.22 bits per heavy atom. The number of aromatic nitrogens is 1. The van der Waals surface area contributed by atoms with Crippen molar-refractivity contribution in [2.45, 2.75) is 19.8 Å². The predicted octanol–water partition coefficient (Wildman–Crippen LogP) is 3.12. The fourth-order valence-electron chi connectivity index (χ4n) is 1.87. The Kier molecular flexibility index (Phi) is 3.77. The van der Waals surface area contributed by atoms with E-state index in [0.29, 0.717) is 12.0 Å². The zero-order valence-corrected chi connectivity index (χ0v) is 10.5. The minimum absolute atomic E-state index is 0.216. The molecule has 0 fully saturated rings. The van der Waals surface area contributed by atoms with Gasteiger partial charge in [-0.3, -0.25) is 4.79 Å². The van der Waals surface area contributed by atoms with E-state index in [-0.39, 0.29) is 5.76 Å². The van der Waals surface area contributed by atoms with E-state index in [0.717, 1.165) is 24.2 Å². The van der Waals surface area contributed by atoms with Crippen molar-refractivity contribution >= 4 is 6.29 Å². The zero-order chi connectivity index (χ0) is 13.0. The first-order valence-electron chi connectivity index (χ1n) is 5.87. The highest BCUT2D eigenvalue weighted by Gasteiger charge is 2.12. The number of rotatable bonds is 5. The Balaban J connectivity index is 2.45. The molecule has 0 unspecified atom stereocenters. The molecule has 0 aliphatic rings. The van der Waals surface area contributed by atoms with Crippen molar-refractivity contribution in [3.8, 4) is 17.0 Å². The Morgan fingerprint density at radius 3 is 2.83 bits per heavy atom. The number of nitrogens with zero attached hydrogens (tertiary/aromatic N) is 1. The summed E-state index contributed by atoms with van der Waals surface area (Å²) in [6.45, 7) is 2.13. The Morgan fingerprint density at radius 1 is 1.39 bits per heavy atom. The van der Waals surface area contributed by atoms with E-state index >= 15 is 0 Å². The molecule has 0 N–H and O–H groups in total. The van der Waals surface area contributed by atoms with Crippen molar-refractivity contribution in [2.75, 3.05) is 7.11 Å². The maximum Gasteiger partial charge on any atom is 0.199 e. The standard InChI is InChI=1S/C14H15NO3/c1-3-4-10-5-6-14(17-2)12(7-10)13-8-11(9-16)18-15-13/h5-9H,3-4H2,1-2H3. The van der Waals surface area contributed by atoms with E-state index in [1.807, 2.05) is 18.2 Å². The topological polar surface area (TPSA) is 52.3 Å². The van der Waals surface area contributed by atoms with Gasteiger partial charge < -0.3 is 9.26 Å². The number of aryl methyl sites for hydroxylation is 1. The second-order valence-electron chi connectivity index (χ2n) is 4.02. The van der Waals surface area contributed by atoms with Crippen molar-refractivity contribution in [1.82, 2.24) is 5.16 Å². The highest BCUT2D eigenvalue weighted by atomic mass is 16.5. The van der Waals surface area contributed by atoms with Gasteiger partial charge in [0.25, 0.3) is 0 Å². The van der Waals surface area contributed by atoms with Gasteiger partial charge in [-0.05, 0) is 24.1 Å². The van der Waals surface area contributed by atoms with Gasteiger partial charge in [0, 0.05) is 11.6 Å². The third-order valence-electron chi connectivity index (χ3n) is 2.72. The van der Waals surface area contributed by atoms with Crippen LogP contribution in [0.3, 0.4) is 0 Å². The van der Waals surface area contributed by atoms with Crippen LogP contribution in [0.25, 0.3) is 11.3 Å². The average molecular weight is 245 g/mol. The van der Waals surface area contributed by atoms with Gasteiger partial charge in [0.15, 0.2) is 12.0 Å². The molecule has 0 amide bonds. The summed E-state index contributed by atoms with van der Waals surface area (Å²) in [7, 11) is 1.61. The lowest BCUT2D eigenvalue weighted by atomic mass is 10.0. The third kappa shape index (κ3) is 2.42. The molecule has 0 saturated carbocycles. The highest BCUT2D eigenvalue weighted by molar-refractivity contribution is 5.76. The third-order valence-corrected chi connectivity index (χ3v) is 2.72. The second kappa shape index (κ2) is 5.49. The molecule has 0 saturated heterocycles. The first-order chi connectivity index (χ1) is 8.78. The van der Waals surface area contributed by atoms with Gasteiger partial charge in [0.2, 0.25) is 0 Å². The van der Waals surface area contributed by atoms with Crippen molar-refractivity contribution in [1.29, 1.82) is 0 Å². The lowest BCUT2D eigenvalue weighted by Gasteiger charge is -2.08. The summed E-state index contributed by atoms with van der Waals surface area (Å²) in [6.07, 6.45) is 2.71. The SMILES string of the molecule is CCCc1ccc(OC)c(-c2cc(C=O)on2)c1. The monoisotopic (exact) mass is 245 g/mol. The molecule has 0 spiro atoms. The molecule has 2 rings (SSSR count). The van der Waals surface area contributed by atoms with Crippen LogP contribution in [0.4, 0.5) is 0 Å². The summed E-state index contributed by atoms with van der Waals surface area (Å²) >= 11 is 0. The predicted molar refractivity (Wildman–Crippen MR) is 67.9 cm³/mol. The lowest BCUT2D eigenvalue weighted by molar-refractivity contribution is 0.109. The van der Waals surface area contributed by atoms with E-state index in [4.69, 9.17) is 9.26 Å². The summed E-state index contributed by atoms with van der Waals surface area (Å²) in [5.41, 5.74) is 2.68. The number of hydrogen-bond acceptors (Lipinski definition) is 4. The van der Waals surface area contributed by atoms with Crippen LogP contribution in [0, 0.1) is 0 Å². The van der Waals surface area contributed by atoms with Crippen LogP contribution in [-0.2, 0) is 6.42 Å². The van der Waals surface area contributed by atoms with E-state index < -0.39 is 0 Å². The van der Waals surface area contributed by atoms with Gasteiger partial charge in [-0.25, -0.2) is 0 Å².